The maximum Gasteiger partial charge on any atom is 0.0914 e. The van der Waals surface area contributed by atoms with Crippen LogP contribution >= 0.6 is 0 Å². The number of aliphatic hydroxyl groups excluding tert-OH is 1. The molecule has 2 N–H and O–H groups in total. The van der Waals surface area contributed by atoms with Gasteiger partial charge < -0.3 is 10.4 Å². The highest BCUT2D eigenvalue weighted by molar-refractivity contribution is 5.26. The summed E-state index contributed by atoms with van der Waals surface area (Å²) in [5.41, 5.74) is 2.22. The van der Waals surface area contributed by atoms with E-state index in [1.807, 2.05) is 12.1 Å². The molecule has 0 fully saturated rings. The molecular weight excluding hydrogens is 234 g/mol. The fraction of sp³-hybridized carbons (Fsp3) is 0.529. The number of hydrogen-bond acceptors (Lipinski definition) is 2. The van der Waals surface area contributed by atoms with Crippen LogP contribution in [-0.2, 0) is 0 Å². The zero-order valence-corrected chi connectivity index (χ0v) is 12.2. The molecule has 1 aromatic carbocycles. The molecule has 2 atom stereocenters. The molecule has 104 valence electrons. The van der Waals surface area contributed by atoms with Crippen molar-refractivity contribution in [3.63, 3.8) is 0 Å². The molecule has 19 heavy (non-hydrogen) atoms. The predicted octanol–water partition coefficient (Wildman–Crippen LogP) is 3.23. The Balaban J connectivity index is 2.53. The van der Waals surface area contributed by atoms with E-state index >= 15 is 0 Å². The van der Waals surface area contributed by atoms with Crippen molar-refractivity contribution in [1.29, 1.82) is 0 Å². The fourth-order valence-electron chi connectivity index (χ4n) is 2.01. The molecule has 1 aromatic rings. The van der Waals surface area contributed by atoms with E-state index in [4.69, 9.17) is 6.42 Å². The molecule has 0 radical (unpaired) electrons. The van der Waals surface area contributed by atoms with Crippen LogP contribution in [0.3, 0.4) is 0 Å². The molecule has 0 aromatic heterocycles. The first kappa shape index (κ1) is 15.8. The Bertz CT molecular complexity index is 402. The van der Waals surface area contributed by atoms with Gasteiger partial charge >= 0.3 is 0 Å². The molecule has 0 heterocycles. The van der Waals surface area contributed by atoms with Crippen molar-refractivity contribution in [1.82, 2.24) is 5.32 Å². The third kappa shape index (κ3) is 5.06. The van der Waals surface area contributed by atoms with Gasteiger partial charge in [0.15, 0.2) is 0 Å². The number of rotatable bonds is 7. The second kappa shape index (κ2) is 7.99. The summed E-state index contributed by atoms with van der Waals surface area (Å²) in [6.45, 7) is 6.92. The van der Waals surface area contributed by atoms with Crippen LogP contribution in [0.15, 0.2) is 24.3 Å². The second-order valence-corrected chi connectivity index (χ2v) is 5.25. The van der Waals surface area contributed by atoms with Crippen molar-refractivity contribution in [3.8, 4) is 12.3 Å². The Morgan fingerprint density at radius 3 is 2.26 bits per heavy atom. The van der Waals surface area contributed by atoms with E-state index in [9.17, 15) is 5.11 Å². The Labute approximate surface area is 117 Å². The first-order valence-electron chi connectivity index (χ1n) is 7.05. The minimum Gasteiger partial charge on any atom is -0.387 e. The first-order chi connectivity index (χ1) is 9.08. The van der Waals surface area contributed by atoms with Gasteiger partial charge in [-0.05, 0) is 23.5 Å². The normalized spacial score (nSPS) is 14.1. The van der Waals surface area contributed by atoms with Crippen LogP contribution in [0.4, 0.5) is 0 Å². The van der Waals surface area contributed by atoms with Crippen LogP contribution in [-0.4, -0.2) is 17.7 Å². The highest BCUT2D eigenvalue weighted by atomic mass is 16.3. The largest absolute Gasteiger partial charge is 0.387 e. The Hall–Kier alpha value is -1.30. The monoisotopic (exact) mass is 259 g/mol. The molecule has 2 unspecified atom stereocenters. The summed E-state index contributed by atoms with van der Waals surface area (Å²) in [7, 11) is 0. The zero-order chi connectivity index (χ0) is 14.3. The molecule has 1 rings (SSSR count). The van der Waals surface area contributed by atoms with Gasteiger partial charge in [-0.15, -0.1) is 6.42 Å². The topological polar surface area (TPSA) is 32.3 Å². The number of terminal acetylenes is 1. The van der Waals surface area contributed by atoms with Gasteiger partial charge in [-0.1, -0.05) is 57.4 Å². The Morgan fingerprint density at radius 2 is 1.79 bits per heavy atom. The van der Waals surface area contributed by atoms with Crippen molar-refractivity contribution in [2.75, 3.05) is 6.54 Å². The lowest BCUT2D eigenvalue weighted by molar-refractivity contribution is 0.172. The molecule has 0 spiro atoms. The quantitative estimate of drug-likeness (QED) is 0.737. The van der Waals surface area contributed by atoms with Crippen molar-refractivity contribution in [3.05, 3.63) is 35.4 Å². The van der Waals surface area contributed by atoms with Crippen molar-refractivity contribution in [2.45, 2.75) is 51.7 Å². The second-order valence-electron chi connectivity index (χ2n) is 5.25. The summed E-state index contributed by atoms with van der Waals surface area (Å²) in [4.78, 5) is 0. The SMILES string of the molecule is C#CC(CCC)NCC(O)c1ccc(C(C)C)cc1. The summed E-state index contributed by atoms with van der Waals surface area (Å²) in [5, 5.41) is 13.4. The Morgan fingerprint density at radius 1 is 1.21 bits per heavy atom. The molecule has 2 nitrogen and oxygen atoms in total. The van der Waals surface area contributed by atoms with Gasteiger partial charge in [-0.2, -0.15) is 0 Å². The summed E-state index contributed by atoms with van der Waals surface area (Å²) >= 11 is 0. The summed E-state index contributed by atoms with van der Waals surface area (Å²) in [5.74, 6) is 3.23. The molecular formula is C17H25NO. The van der Waals surface area contributed by atoms with Gasteiger partial charge in [0.25, 0.3) is 0 Å². The minimum atomic E-state index is -0.506. The fourth-order valence-corrected chi connectivity index (χ4v) is 2.01. The van der Waals surface area contributed by atoms with Crippen LogP contribution in [0.2, 0.25) is 0 Å². The van der Waals surface area contributed by atoms with E-state index < -0.39 is 6.10 Å². The molecule has 0 aliphatic carbocycles. The van der Waals surface area contributed by atoms with Crippen LogP contribution in [0.1, 0.15) is 56.8 Å². The molecule has 0 aliphatic rings. The molecule has 0 saturated carbocycles. The van der Waals surface area contributed by atoms with Gasteiger partial charge in [0.1, 0.15) is 0 Å². The number of benzene rings is 1. The predicted molar refractivity (Wildman–Crippen MR) is 81.0 cm³/mol. The molecule has 2 heteroatoms. The van der Waals surface area contributed by atoms with E-state index in [1.165, 1.54) is 5.56 Å². The number of nitrogens with one attached hydrogen (secondary N) is 1. The van der Waals surface area contributed by atoms with Crippen molar-refractivity contribution >= 4 is 0 Å². The maximum absolute atomic E-state index is 10.1. The number of hydrogen-bond donors (Lipinski definition) is 2. The summed E-state index contributed by atoms with van der Waals surface area (Å²) in [6.07, 6.45) is 6.92. The lowest BCUT2D eigenvalue weighted by Crippen LogP contribution is -2.31. The molecule has 0 amide bonds. The summed E-state index contributed by atoms with van der Waals surface area (Å²) < 4.78 is 0. The van der Waals surface area contributed by atoms with Gasteiger partial charge in [0.05, 0.1) is 12.1 Å². The van der Waals surface area contributed by atoms with Crippen LogP contribution in [0, 0.1) is 12.3 Å². The molecule has 0 saturated heterocycles. The third-order valence-electron chi connectivity index (χ3n) is 3.32. The zero-order valence-electron chi connectivity index (χ0n) is 12.2. The van der Waals surface area contributed by atoms with E-state index in [1.54, 1.807) is 0 Å². The van der Waals surface area contributed by atoms with E-state index in [2.05, 4.69) is 44.1 Å². The molecule has 0 aliphatic heterocycles. The van der Waals surface area contributed by atoms with Gasteiger partial charge in [-0.25, -0.2) is 0 Å². The van der Waals surface area contributed by atoms with Crippen molar-refractivity contribution in [2.24, 2.45) is 0 Å². The summed E-state index contributed by atoms with van der Waals surface area (Å²) in [6, 6.07) is 8.19. The van der Waals surface area contributed by atoms with Crippen LogP contribution in [0.25, 0.3) is 0 Å². The first-order valence-corrected chi connectivity index (χ1v) is 7.05. The highest BCUT2D eigenvalue weighted by Crippen LogP contribution is 2.18. The van der Waals surface area contributed by atoms with Gasteiger partial charge in [0, 0.05) is 6.54 Å². The van der Waals surface area contributed by atoms with E-state index in [0.717, 1.165) is 18.4 Å². The van der Waals surface area contributed by atoms with Gasteiger partial charge in [0.2, 0.25) is 0 Å². The van der Waals surface area contributed by atoms with E-state index in [-0.39, 0.29) is 6.04 Å². The maximum atomic E-state index is 10.1. The molecule has 0 bridgehead atoms. The minimum absolute atomic E-state index is 0.0505. The standard InChI is InChI=1S/C17H25NO/c1-5-7-16(6-2)18-12-17(19)15-10-8-14(9-11-15)13(3)4/h2,8-11,13,16-19H,5,7,12H2,1,3-4H3. The number of aliphatic hydroxyl groups is 1. The Kier molecular flexibility index (Phi) is 6.62. The lowest BCUT2D eigenvalue weighted by Gasteiger charge is -2.17. The van der Waals surface area contributed by atoms with Gasteiger partial charge in [-0.3, -0.25) is 0 Å². The smallest absolute Gasteiger partial charge is 0.0914 e. The van der Waals surface area contributed by atoms with Crippen molar-refractivity contribution < 1.29 is 5.11 Å². The average Bonchev–Trinajstić information content (AvgIpc) is 2.43. The highest BCUT2D eigenvalue weighted by Gasteiger charge is 2.10. The lowest BCUT2D eigenvalue weighted by atomic mass is 10.00. The third-order valence-corrected chi connectivity index (χ3v) is 3.32. The average molecular weight is 259 g/mol. The van der Waals surface area contributed by atoms with E-state index in [0.29, 0.717) is 12.5 Å². The van der Waals surface area contributed by atoms with Crippen LogP contribution in [0.5, 0.6) is 0 Å². The van der Waals surface area contributed by atoms with Crippen LogP contribution < -0.4 is 5.32 Å².